The van der Waals surface area contributed by atoms with Gasteiger partial charge in [0.2, 0.25) is 0 Å². The topological polar surface area (TPSA) is 75.6 Å². The highest BCUT2D eigenvalue weighted by atomic mass is 79.9. The Morgan fingerprint density at radius 3 is 2.56 bits per heavy atom. The molecule has 0 spiro atoms. The highest BCUT2D eigenvalue weighted by Gasteiger charge is 2.19. The van der Waals surface area contributed by atoms with Crippen LogP contribution in [-0.4, -0.2) is 23.8 Å². The number of ether oxygens (including phenoxy) is 1. The molecule has 5 nitrogen and oxygen atoms in total. The summed E-state index contributed by atoms with van der Waals surface area (Å²) in [5.74, 6) is -1.16. The van der Waals surface area contributed by atoms with Gasteiger partial charge in [-0.2, -0.15) is 0 Å². The molecule has 0 aromatic heterocycles. The molecule has 1 rings (SSSR count). The van der Waals surface area contributed by atoms with Crippen LogP contribution in [0.25, 0.3) is 0 Å². The molecular weight excluding hydrogens is 370 g/mol. The number of carboxylic acids is 1. The van der Waals surface area contributed by atoms with Gasteiger partial charge in [-0.25, -0.2) is 9.59 Å². The Labute approximate surface area is 120 Å². The minimum atomic E-state index is -1.16. The number of rotatable bonds is 4. The van der Waals surface area contributed by atoms with Crippen molar-refractivity contribution < 1.29 is 19.4 Å². The maximum atomic E-state index is 11.4. The summed E-state index contributed by atoms with van der Waals surface area (Å²) in [4.78, 5) is 22.5. The zero-order valence-corrected chi connectivity index (χ0v) is 12.2. The van der Waals surface area contributed by atoms with Crippen molar-refractivity contribution in [2.45, 2.75) is 0 Å². The van der Waals surface area contributed by atoms with Gasteiger partial charge in [0.15, 0.2) is 0 Å². The van der Waals surface area contributed by atoms with Crippen LogP contribution in [0.15, 0.2) is 33.7 Å². The van der Waals surface area contributed by atoms with E-state index in [9.17, 15) is 9.59 Å². The number of amides is 1. The van der Waals surface area contributed by atoms with Crippen LogP contribution < -0.4 is 5.32 Å². The Kier molecular flexibility index (Phi) is 5.36. The van der Waals surface area contributed by atoms with E-state index < -0.39 is 12.1 Å². The molecule has 0 unspecified atom stereocenters. The summed E-state index contributed by atoms with van der Waals surface area (Å²) in [7, 11) is 0. The van der Waals surface area contributed by atoms with Crippen LogP contribution in [0.4, 0.5) is 10.5 Å². The maximum Gasteiger partial charge on any atom is 0.411 e. The Hall–Kier alpha value is -1.34. The van der Waals surface area contributed by atoms with E-state index in [1.165, 1.54) is 6.08 Å². The second kappa shape index (κ2) is 6.55. The molecule has 1 aromatic rings. The van der Waals surface area contributed by atoms with Gasteiger partial charge in [-0.3, -0.25) is 5.32 Å². The number of aromatic carboxylic acids is 1. The van der Waals surface area contributed by atoms with Crippen LogP contribution in [-0.2, 0) is 4.74 Å². The van der Waals surface area contributed by atoms with E-state index in [2.05, 4.69) is 43.8 Å². The number of carboxylic acid groups (broad SMARTS) is 1. The molecule has 0 atom stereocenters. The molecule has 18 heavy (non-hydrogen) atoms. The standard InChI is InChI=1S/C11H9Br2NO4/c1-2-5-18-11(17)14-9-7(13)4-3-6(12)8(9)10(15)16/h2-4H,1,5H2,(H,14,17)(H,15,16). The van der Waals surface area contributed by atoms with Crippen molar-refractivity contribution in [3.63, 3.8) is 0 Å². The number of nitrogens with one attached hydrogen (secondary N) is 1. The van der Waals surface area contributed by atoms with Gasteiger partial charge in [-0.05, 0) is 44.0 Å². The molecule has 0 aliphatic heterocycles. The second-order valence-electron chi connectivity index (χ2n) is 3.10. The van der Waals surface area contributed by atoms with Crippen LogP contribution in [0.3, 0.4) is 0 Å². The number of carbonyl (C=O) groups is 2. The van der Waals surface area contributed by atoms with Crippen molar-refractivity contribution in [2.75, 3.05) is 11.9 Å². The first kappa shape index (κ1) is 14.7. The van der Waals surface area contributed by atoms with E-state index in [0.29, 0.717) is 8.95 Å². The van der Waals surface area contributed by atoms with Crippen molar-refractivity contribution >= 4 is 49.6 Å². The number of anilines is 1. The van der Waals surface area contributed by atoms with Crippen LogP contribution >= 0.6 is 31.9 Å². The van der Waals surface area contributed by atoms with Gasteiger partial charge >= 0.3 is 12.1 Å². The lowest BCUT2D eigenvalue weighted by atomic mass is 10.2. The van der Waals surface area contributed by atoms with Gasteiger partial charge in [0, 0.05) is 8.95 Å². The Morgan fingerprint density at radius 2 is 2.00 bits per heavy atom. The largest absolute Gasteiger partial charge is 0.478 e. The molecule has 0 aliphatic carbocycles. The van der Waals surface area contributed by atoms with Crippen molar-refractivity contribution in [3.05, 3.63) is 39.3 Å². The molecule has 0 saturated carbocycles. The van der Waals surface area contributed by atoms with E-state index in [0.717, 1.165) is 0 Å². The predicted molar refractivity (Wildman–Crippen MR) is 74.0 cm³/mol. The van der Waals surface area contributed by atoms with Crippen LogP contribution in [0.5, 0.6) is 0 Å². The summed E-state index contributed by atoms with van der Waals surface area (Å²) in [5, 5.41) is 11.5. The smallest absolute Gasteiger partial charge is 0.411 e. The minimum absolute atomic E-state index is 0.0415. The van der Waals surface area contributed by atoms with Gasteiger partial charge in [0.05, 0.1) is 11.3 Å². The predicted octanol–water partition coefficient (Wildman–Crippen LogP) is 3.64. The van der Waals surface area contributed by atoms with Gasteiger partial charge in [-0.15, -0.1) is 0 Å². The lowest BCUT2D eigenvalue weighted by Crippen LogP contribution is -2.17. The molecular formula is C11H9Br2NO4. The summed E-state index contributed by atoms with van der Waals surface area (Å²) in [5.41, 5.74) is 0.0749. The van der Waals surface area contributed by atoms with Gasteiger partial charge in [0.1, 0.15) is 6.61 Å². The molecule has 96 valence electrons. The monoisotopic (exact) mass is 377 g/mol. The molecule has 0 radical (unpaired) electrons. The molecule has 0 fully saturated rings. The normalized spacial score (nSPS) is 9.67. The summed E-state index contributed by atoms with van der Waals surface area (Å²) in [6, 6.07) is 3.17. The molecule has 0 aliphatic rings. The van der Waals surface area contributed by atoms with E-state index in [1.54, 1.807) is 12.1 Å². The van der Waals surface area contributed by atoms with E-state index in [-0.39, 0.29) is 17.9 Å². The fourth-order valence-corrected chi connectivity index (χ4v) is 2.09. The van der Waals surface area contributed by atoms with Gasteiger partial charge < -0.3 is 9.84 Å². The van der Waals surface area contributed by atoms with E-state index in [1.807, 2.05) is 0 Å². The first-order chi connectivity index (χ1) is 8.47. The minimum Gasteiger partial charge on any atom is -0.478 e. The highest BCUT2D eigenvalue weighted by molar-refractivity contribution is 9.11. The Balaban J connectivity index is 3.07. The van der Waals surface area contributed by atoms with Crippen LogP contribution in [0.1, 0.15) is 10.4 Å². The third kappa shape index (κ3) is 3.58. The lowest BCUT2D eigenvalue weighted by molar-refractivity contribution is 0.0697. The molecule has 2 N–H and O–H groups in total. The van der Waals surface area contributed by atoms with Crippen molar-refractivity contribution in [1.82, 2.24) is 0 Å². The summed E-state index contributed by atoms with van der Waals surface area (Å²) >= 11 is 6.29. The zero-order chi connectivity index (χ0) is 13.7. The molecule has 0 saturated heterocycles. The number of hydrogen-bond acceptors (Lipinski definition) is 3. The maximum absolute atomic E-state index is 11.4. The summed E-state index contributed by atoms with van der Waals surface area (Å²) in [6.07, 6.45) is 0.657. The van der Waals surface area contributed by atoms with E-state index in [4.69, 9.17) is 9.84 Å². The third-order valence-electron chi connectivity index (χ3n) is 1.88. The van der Waals surface area contributed by atoms with Crippen LogP contribution in [0, 0.1) is 0 Å². The van der Waals surface area contributed by atoms with Crippen molar-refractivity contribution in [3.8, 4) is 0 Å². The number of carbonyl (C=O) groups excluding carboxylic acids is 1. The van der Waals surface area contributed by atoms with Crippen molar-refractivity contribution in [1.29, 1.82) is 0 Å². The fraction of sp³-hybridized carbons (Fsp3) is 0.0909. The zero-order valence-electron chi connectivity index (χ0n) is 9.07. The SMILES string of the molecule is C=CCOC(=O)Nc1c(Br)ccc(Br)c1C(=O)O. The average Bonchev–Trinajstić information content (AvgIpc) is 2.30. The molecule has 7 heteroatoms. The lowest BCUT2D eigenvalue weighted by Gasteiger charge is -2.11. The molecule has 1 amide bonds. The number of hydrogen-bond donors (Lipinski definition) is 2. The first-order valence-corrected chi connectivity index (χ1v) is 6.32. The van der Waals surface area contributed by atoms with Crippen LogP contribution in [0.2, 0.25) is 0 Å². The fourth-order valence-electron chi connectivity index (χ4n) is 1.16. The molecule has 0 heterocycles. The summed E-state index contributed by atoms with van der Waals surface area (Å²) < 4.78 is 5.53. The highest BCUT2D eigenvalue weighted by Crippen LogP contribution is 2.32. The Bertz CT molecular complexity index is 502. The molecule has 1 aromatic carbocycles. The quantitative estimate of drug-likeness (QED) is 0.784. The van der Waals surface area contributed by atoms with E-state index >= 15 is 0 Å². The third-order valence-corrected chi connectivity index (χ3v) is 3.20. The average molecular weight is 379 g/mol. The van der Waals surface area contributed by atoms with Gasteiger partial charge in [0.25, 0.3) is 0 Å². The van der Waals surface area contributed by atoms with Crippen molar-refractivity contribution in [2.24, 2.45) is 0 Å². The first-order valence-electron chi connectivity index (χ1n) is 4.73. The summed E-state index contributed by atoms with van der Waals surface area (Å²) in [6.45, 7) is 3.44. The molecule has 0 bridgehead atoms. The second-order valence-corrected chi connectivity index (χ2v) is 4.81. The number of halogens is 2. The Morgan fingerprint density at radius 1 is 1.39 bits per heavy atom. The van der Waals surface area contributed by atoms with Gasteiger partial charge in [-0.1, -0.05) is 12.7 Å². The number of benzene rings is 1.